The van der Waals surface area contributed by atoms with Gasteiger partial charge in [0, 0.05) is 0 Å². The lowest BCUT2D eigenvalue weighted by molar-refractivity contribution is 0.109. The molecule has 3 aliphatic carbocycles. The quantitative estimate of drug-likeness (QED) is 0.463. The van der Waals surface area contributed by atoms with Gasteiger partial charge in [0.05, 0.1) is 0 Å². The number of rotatable bonds is 3. The summed E-state index contributed by atoms with van der Waals surface area (Å²) in [5, 5.41) is 0. The van der Waals surface area contributed by atoms with Crippen molar-refractivity contribution in [3.05, 3.63) is 11.1 Å². The predicted molar refractivity (Wildman–Crippen MR) is 106 cm³/mol. The van der Waals surface area contributed by atoms with Crippen LogP contribution in [-0.2, 0) is 0 Å². The summed E-state index contributed by atoms with van der Waals surface area (Å²) >= 11 is 0. The molecule has 0 aromatic carbocycles. The average molecular weight is 331 g/mol. The maximum Gasteiger partial charge on any atom is -0.0203 e. The zero-order chi connectivity index (χ0) is 17.1. The summed E-state index contributed by atoms with van der Waals surface area (Å²) in [5.74, 6) is 6.26. The third-order valence-electron chi connectivity index (χ3n) is 8.38. The van der Waals surface area contributed by atoms with E-state index in [0.717, 1.165) is 35.5 Å². The molecule has 138 valence electrons. The van der Waals surface area contributed by atoms with Crippen molar-refractivity contribution >= 4 is 0 Å². The maximum atomic E-state index is 2.46. The lowest BCUT2D eigenvalue weighted by Gasteiger charge is -2.41. The third kappa shape index (κ3) is 4.47. The fourth-order valence-corrected chi connectivity index (χ4v) is 6.28. The molecule has 3 aliphatic rings. The summed E-state index contributed by atoms with van der Waals surface area (Å²) in [6.07, 6.45) is 18.4. The minimum atomic E-state index is 0.909. The SMILES string of the molecule is CC(C)=C(C)C1CCC(C2CCC(C3CCC(C)CC3)CC2)CC1. The Balaban J connectivity index is 1.42. The molecule has 0 spiro atoms. The van der Waals surface area contributed by atoms with Gasteiger partial charge in [-0.3, -0.25) is 0 Å². The molecule has 0 N–H and O–H groups in total. The van der Waals surface area contributed by atoms with Crippen LogP contribution < -0.4 is 0 Å². The van der Waals surface area contributed by atoms with Crippen LogP contribution in [0.2, 0.25) is 0 Å². The highest BCUT2D eigenvalue weighted by molar-refractivity contribution is 5.11. The van der Waals surface area contributed by atoms with Gasteiger partial charge in [0.25, 0.3) is 0 Å². The molecule has 0 radical (unpaired) electrons. The van der Waals surface area contributed by atoms with Gasteiger partial charge in [-0.15, -0.1) is 0 Å². The fourth-order valence-electron chi connectivity index (χ4n) is 6.28. The molecular formula is C24H42. The van der Waals surface area contributed by atoms with E-state index < -0.39 is 0 Å². The predicted octanol–water partition coefficient (Wildman–Crippen LogP) is 7.78. The van der Waals surface area contributed by atoms with Gasteiger partial charge in [0.1, 0.15) is 0 Å². The van der Waals surface area contributed by atoms with Gasteiger partial charge in [-0.25, -0.2) is 0 Å². The summed E-state index contributed by atoms with van der Waals surface area (Å²) < 4.78 is 0. The molecule has 0 atom stereocenters. The van der Waals surface area contributed by atoms with E-state index in [1.165, 1.54) is 38.5 Å². The summed E-state index contributed by atoms with van der Waals surface area (Å²) in [6.45, 7) is 9.44. The van der Waals surface area contributed by atoms with Crippen LogP contribution >= 0.6 is 0 Å². The standard InChI is InChI=1S/C24H42/c1-17(2)19(4)20-9-11-22(12-10-20)24-15-13-23(14-16-24)21-7-5-18(3)6-8-21/h18,20-24H,5-16H2,1-4H3. The molecule has 0 unspecified atom stereocenters. The zero-order valence-electron chi connectivity index (χ0n) is 16.9. The molecule has 24 heavy (non-hydrogen) atoms. The van der Waals surface area contributed by atoms with Crippen molar-refractivity contribution in [3.8, 4) is 0 Å². The van der Waals surface area contributed by atoms with Crippen LogP contribution in [0.25, 0.3) is 0 Å². The normalized spacial score (nSPS) is 41.0. The van der Waals surface area contributed by atoms with Gasteiger partial charge in [-0.05, 0) is 120 Å². The van der Waals surface area contributed by atoms with Crippen molar-refractivity contribution in [3.63, 3.8) is 0 Å². The Kier molecular flexibility index (Phi) is 6.50. The molecule has 0 aromatic rings. The van der Waals surface area contributed by atoms with Crippen molar-refractivity contribution < 1.29 is 0 Å². The molecule has 0 saturated heterocycles. The average Bonchev–Trinajstić information content (AvgIpc) is 2.62. The molecule has 0 heterocycles. The minimum Gasteiger partial charge on any atom is -0.0772 e. The number of hydrogen-bond donors (Lipinski definition) is 0. The highest BCUT2D eigenvalue weighted by Crippen LogP contribution is 2.46. The van der Waals surface area contributed by atoms with E-state index in [9.17, 15) is 0 Å². The number of hydrogen-bond acceptors (Lipinski definition) is 0. The molecule has 3 fully saturated rings. The van der Waals surface area contributed by atoms with Crippen molar-refractivity contribution in [2.45, 2.75) is 105 Å². The second-order valence-electron chi connectivity index (χ2n) is 9.99. The Labute approximate surface area is 151 Å². The Morgan fingerprint density at radius 1 is 0.500 bits per heavy atom. The summed E-state index contributed by atoms with van der Waals surface area (Å²) in [4.78, 5) is 0. The first-order valence-electron chi connectivity index (χ1n) is 11.2. The van der Waals surface area contributed by atoms with Gasteiger partial charge in [-0.1, -0.05) is 30.9 Å². The molecule has 0 nitrogen and oxygen atoms in total. The zero-order valence-corrected chi connectivity index (χ0v) is 16.9. The van der Waals surface area contributed by atoms with E-state index in [-0.39, 0.29) is 0 Å². The van der Waals surface area contributed by atoms with E-state index in [1.54, 1.807) is 49.7 Å². The molecular weight excluding hydrogens is 288 g/mol. The van der Waals surface area contributed by atoms with Gasteiger partial charge in [-0.2, -0.15) is 0 Å². The van der Waals surface area contributed by atoms with E-state index in [1.807, 2.05) is 0 Å². The van der Waals surface area contributed by atoms with Crippen molar-refractivity contribution in [2.24, 2.45) is 35.5 Å². The van der Waals surface area contributed by atoms with E-state index in [0.29, 0.717) is 0 Å². The molecule has 0 bridgehead atoms. The van der Waals surface area contributed by atoms with Crippen LogP contribution in [0.4, 0.5) is 0 Å². The molecule has 0 amide bonds. The largest absolute Gasteiger partial charge is 0.0772 e. The molecule has 3 rings (SSSR count). The van der Waals surface area contributed by atoms with E-state index in [2.05, 4.69) is 27.7 Å². The molecule has 3 saturated carbocycles. The monoisotopic (exact) mass is 330 g/mol. The Morgan fingerprint density at radius 2 is 0.833 bits per heavy atom. The van der Waals surface area contributed by atoms with Gasteiger partial charge in [0.2, 0.25) is 0 Å². The van der Waals surface area contributed by atoms with Crippen molar-refractivity contribution in [1.82, 2.24) is 0 Å². The van der Waals surface area contributed by atoms with Gasteiger partial charge >= 0.3 is 0 Å². The van der Waals surface area contributed by atoms with Crippen molar-refractivity contribution in [2.75, 3.05) is 0 Å². The molecule has 0 aromatic heterocycles. The van der Waals surface area contributed by atoms with Gasteiger partial charge in [0.15, 0.2) is 0 Å². The first-order valence-corrected chi connectivity index (χ1v) is 11.2. The van der Waals surface area contributed by atoms with Crippen LogP contribution in [-0.4, -0.2) is 0 Å². The van der Waals surface area contributed by atoms with Crippen LogP contribution in [0, 0.1) is 35.5 Å². The van der Waals surface area contributed by atoms with Crippen LogP contribution in [0.1, 0.15) is 105 Å². The fraction of sp³-hybridized carbons (Fsp3) is 0.917. The summed E-state index contributed by atoms with van der Waals surface area (Å²) in [7, 11) is 0. The highest BCUT2D eigenvalue weighted by Gasteiger charge is 2.34. The lowest BCUT2D eigenvalue weighted by Crippen LogP contribution is -2.29. The van der Waals surface area contributed by atoms with Gasteiger partial charge < -0.3 is 0 Å². The Bertz CT molecular complexity index is 403. The van der Waals surface area contributed by atoms with Crippen LogP contribution in [0.5, 0.6) is 0 Å². The Hall–Kier alpha value is -0.260. The molecule has 0 heteroatoms. The Morgan fingerprint density at radius 3 is 1.21 bits per heavy atom. The van der Waals surface area contributed by atoms with Crippen LogP contribution in [0.3, 0.4) is 0 Å². The first-order chi connectivity index (χ1) is 11.5. The van der Waals surface area contributed by atoms with Crippen LogP contribution in [0.15, 0.2) is 11.1 Å². The summed E-state index contributed by atoms with van der Waals surface area (Å²) in [5.41, 5.74) is 3.27. The van der Waals surface area contributed by atoms with E-state index in [4.69, 9.17) is 0 Å². The number of allylic oxidation sites excluding steroid dienone is 2. The summed E-state index contributed by atoms with van der Waals surface area (Å²) in [6, 6.07) is 0. The van der Waals surface area contributed by atoms with Crippen molar-refractivity contribution in [1.29, 1.82) is 0 Å². The maximum absolute atomic E-state index is 2.46. The molecule has 0 aliphatic heterocycles. The minimum absolute atomic E-state index is 0.909. The highest BCUT2D eigenvalue weighted by atomic mass is 14.4. The lowest BCUT2D eigenvalue weighted by atomic mass is 9.64. The smallest absolute Gasteiger partial charge is 0.0203 e. The third-order valence-corrected chi connectivity index (χ3v) is 8.38. The first kappa shape index (κ1) is 18.5. The van der Waals surface area contributed by atoms with E-state index >= 15 is 0 Å². The second kappa shape index (κ2) is 8.41. The topological polar surface area (TPSA) is 0 Å². The second-order valence-corrected chi connectivity index (χ2v) is 9.99.